The zero-order valence-electron chi connectivity index (χ0n) is 20.9. The van der Waals surface area contributed by atoms with Crippen molar-refractivity contribution in [3.8, 4) is 5.75 Å². The number of benzene rings is 3. The lowest BCUT2D eigenvalue weighted by molar-refractivity contribution is -0.133. The largest absolute Gasteiger partial charge is 0.494 e. The quantitative estimate of drug-likeness (QED) is 0.134. The number of hydrogen-bond donors (Lipinski definition) is 3. The van der Waals surface area contributed by atoms with E-state index in [0.717, 1.165) is 23.7 Å². The van der Waals surface area contributed by atoms with E-state index in [1.54, 1.807) is 66.7 Å². The lowest BCUT2D eigenvalue weighted by Crippen LogP contribution is -2.36. The predicted molar refractivity (Wildman–Crippen MR) is 159 cm³/mol. The van der Waals surface area contributed by atoms with Gasteiger partial charge < -0.3 is 15.4 Å². The molecule has 0 spiro atoms. The van der Waals surface area contributed by atoms with Gasteiger partial charge >= 0.3 is 11.8 Å². The van der Waals surface area contributed by atoms with Crippen molar-refractivity contribution in [1.29, 1.82) is 0 Å². The summed E-state index contributed by atoms with van der Waals surface area (Å²) in [6.45, 7) is 2.74. The molecule has 0 atom stereocenters. The fraction of sp³-hybridized carbons (Fsp3) is 0.179. The first kappa shape index (κ1) is 28.5. The van der Waals surface area contributed by atoms with Crippen LogP contribution in [-0.4, -0.2) is 29.0 Å². The fourth-order valence-electron chi connectivity index (χ4n) is 3.81. The van der Waals surface area contributed by atoms with Crippen molar-refractivity contribution in [2.45, 2.75) is 26.2 Å². The Balaban J connectivity index is 1.50. The molecule has 4 rings (SSSR count). The van der Waals surface area contributed by atoms with Gasteiger partial charge in [0.05, 0.1) is 12.1 Å². The Hall–Kier alpha value is -3.53. The molecule has 1 heterocycles. The number of halogens is 3. The molecule has 3 N–H and O–H groups in total. The summed E-state index contributed by atoms with van der Waals surface area (Å²) < 4.78 is 7.72. The highest BCUT2D eigenvalue weighted by Gasteiger charge is 2.21. The van der Waals surface area contributed by atoms with Crippen molar-refractivity contribution in [2.24, 2.45) is 0 Å². The second-order valence-corrected chi connectivity index (χ2v) is 10.4. The van der Waals surface area contributed by atoms with Gasteiger partial charge in [-0.15, -0.1) is 0 Å². The standard InChI is InChI=1S/C28H25BrCl2N4O4/c1-2-3-4-11-39-23-8-6-21(7-9-23)32-27(37)28(38)34-35-24-10-5-18(29)12-17(24)13-25(35)26(36)33-22-15-19(30)14-20(31)16-22/h5-10,12-16H,2-4,11H2,1H3,(H,32,37)(H,33,36)(H,34,38). The molecule has 1 aromatic heterocycles. The third-order valence-corrected chi connectivity index (χ3v) is 6.59. The van der Waals surface area contributed by atoms with Crippen LogP contribution in [0.3, 0.4) is 0 Å². The Morgan fingerprint density at radius 1 is 0.846 bits per heavy atom. The number of carbonyl (C=O) groups excluding carboxylic acids is 3. The summed E-state index contributed by atoms with van der Waals surface area (Å²) in [6.07, 6.45) is 3.16. The van der Waals surface area contributed by atoms with Gasteiger partial charge in [-0.2, -0.15) is 0 Å². The maximum absolute atomic E-state index is 13.2. The molecular formula is C28H25BrCl2N4O4. The number of ether oxygens (including phenoxy) is 1. The Bertz CT molecular complexity index is 1500. The van der Waals surface area contributed by atoms with Crippen LogP contribution in [0.5, 0.6) is 5.75 Å². The van der Waals surface area contributed by atoms with Gasteiger partial charge in [-0.25, -0.2) is 4.68 Å². The highest BCUT2D eigenvalue weighted by molar-refractivity contribution is 9.10. The zero-order chi connectivity index (χ0) is 27.9. The normalized spacial score (nSPS) is 10.8. The van der Waals surface area contributed by atoms with Crippen molar-refractivity contribution in [1.82, 2.24) is 4.68 Å². The van der Waals surface area contributed by atoms with Gasteiger partial charge in [0.2, 0.25) is 0 Å². The molecule has 0 bridgehead atoms. The van der Waals surface area contributed by atoms with Gasteiger partial charge in [0.15, 0.2) is 0 Å². The molecule has 0 aliphatic rings. The highest BCUT2D eigenvalue weighted by Crippen LogP contribution is 2.26. The Kier molecular flexibility index (Phi) is 9.50. The molecule has 3 aromatic carbocycles. The molecule has 3 amide bonds. The van der Waals surface area contributed by atoms with E-state index in [2.05, 4.69) is 38.9 Å². The summed E-state index contributed by atoms with van der Waals surface area (Å²) in [5.41, 5.74) is 3.92. The first-order chi connectivity index (χ1) is 18.7. The monoisotopic (exact) mass is 630 g/mol. The minimum atomic E-state index is -0.963. The van der Waals surface area contributed by atoms with Crippen LogP contribution in [0, 0.1) is 0 Å². The number of nitrogens with one attached hydrogen (secondary N) is 3. The molecular weight excluding hydrogens is 607 g/mol. The van der Waals surface area contributed by atoms with Crippen LogP contribution in [0.1, 0.15) is 36.7 Å². The average molecular weight is 632 g/mol. The molecule has 0 unspecified atom stereocenters. The van der Waals surface area contributed by atoms with Gasteiger partial charge in [0.1, 0.15) is 11.4 Å². The number of hydrogen-bond acceptors (Lipinski definition) is 4. The van der Waals surface area contributed by atoms with E-state index in [0.29, 0.717) is 44.7 Å². The number of unbranched alkanes of at least 4 members (excludes halogenated alkanes) is 2. The average Bonchev–Trinajstić information content (AvgIpc) is 3.24. The molecule has 0 saturated heterocycles. The lowest BCUT2D eigenvalue weighted by Gasteiger charge is -2.13. The van der Waals surface area contributed by atoms with Gasteiger partial charge in [-0.05, 0) is 73.2 Å². The minimum absolute atomic E-state index is 0.0879. The van der Waals surface area contributed by atoms with E-state index >= 15 is 0 Å². The summed E-state index contributed by atoms with van der Waals surface area (Å²) in [5, 5.41) is 6.64. The molecule has 0 aliphatic carbocycles. The fourth-order valence-corrected chi connectivity index (χ4v) is 4.72. The van der Waals surface area contributed by atoms with Crippen LogP contribution < -0.4 is 20.8 Å². The molecule has 0 saturated carbocycles. The number of aromatic nitrogens is 1. The molecule has 8 nitrogen and oxygen atoms in total. The smallest absolute Gasteiger partial charge is 0.328 e. The second kappa shape index (κ2) is 13.0. The molecule has 202 valence electrons. The first-order valence-electron chi connectivity index (χ1n) is 12.2. The number of amides is 3. The maximum atomic E-state index is 13.2. The van der Waals surface area contributed by atoms with E-state index in [-0.39, 0.29) is 5.69 Å². The summed E-state index contributed by atoms with van der Waals surface area (Å²) >= 11 is 15.5. The molecule has 0 fully saturated rings. The number of fused-ring (bicyclic) bond motifs is 1. The van der Waals surface area contributed by atoms with Crippen LogP contribution >= 0.6 is 39.1 Å². The van der Waals surface area contributed by atoms with Crippen LogP contribution in [0.4, 0.5) is 11.4 Å². The maximum Gasteiger partial charge on any atom is 0.328 e. The van der Waals surface area contributed by atoms with E-state index in [1.165, 1.54) is 4.68 Å². The molecule has 0 radical (unpaired) electrons. The molecule has 39 heavy (non-hydrogen) atoms. The van der Waals surface area contributed by atoms with E-state index in [4.69, 9.17) is 27.9 Å². The third-order valence-electron chi connectivity index (χ3n) is 5.67. The van der Waals surface area contributed by atoms with Gasteiger partial charge in [-0.1, -0.05) is 58.9 Å². The lowest BCUT2D eigenvalue weighted by atomic mass is 10.2. The van der Waals surface area contributed by atoms with Crippen molar-refractivity contribution < 1.29 is 19.1 Å². The SMILES string of the molecule is CCCCCOc1ccc(NC(=O)C(=O)Nn2c(C(=O)Nc3cc(Cl)cc(Cl)c3)cc3cc(Br)ccc32)cc1. The van der Waals surface area contributed by atoms with Crippen molar-refractivity contribution in [3.05, 3.63) is 86.9 Å². The van der Waals surface area contributed by atoms with Crippen LogP contribution in [-0.2, 0) is 9.59 Å². The van der Waals surface area contributed by atoms with E-state index in [9.17, 15) is 14.4 Å². The van der Waals surface area contributed by atoms with Gasteiger partial charge in [0, 0.05) is 31.3 Å². The highest BCUT2D eigenvalue weighted by atomic mass is 79.9. The summed E-state index contributed by atoms with van der Waals surface area (Å²) in [5.74, 6) is -1.74. The number of rotatable bonds is 9. The summed E-state index contributed by atoms with van der Waals surface area (Å²) in [7, 11) is 0. The van der Waals surface area contributed by atoms with Crippen LogP contribution in [0.25, 0.3) is 10.9 Å². The van der Waals surface area contributed by atoms with Crippen molar-refractivity contribution >= 4 is 79.1 Å². The predicted octanol–water partition coefficient (Wildman–Crippen LogP) is 7.24. The molecule has 4 aromatic rings. The van der Waals surface area contributed by atoms with Crippen molar-refractivity contribution in [3.63, 3.8) is 0 Å². The summed E-state index contributed by atoms with van der Waals surface area (Å²) in [6, 6.07) is 18.2. The van der Waals surface area contributed by atoms with E-state index in [1.807, 2.05) is 0 Å². The Labute approximate surface area is 243 Å². The second-order valence-electron chi connectivity index (χ2n) is 8.66. The van der Waals surface area contributed by atoms with Crippen molar-refractivity contribution in [2.75, 3.05) is 22.7 Å². The van der Waals surface area contributed by atoms with E-state index < -0.39 is 17.7 Å². The topological polar surface area (TPSA) is 101 Å². The Morgan fingerprint density at radius 2 is 1.56 bits per heavy atom. The van der Waals surface area contributed by atoms with Crippen LogP contribution in [0.2, 0.25) is 10.0 Å². The number of carbonyl (C=O) groups is 3. The Morgan fingerprint density at radius 3 is 2.26 bits per heavy atom. The summed E-state index contributed by atoms with van der Waals surface area (Å²) in [4.78, 5) is 38.8. The van der Waals surface area contributed by atoms with Gasteiger partial charge in [0.25, 0.3) is 5.91 Å². The minimum Gasteiger partial charge on any atom is -0.494 e. The first-order valence-corrected chi connectivity index (χ1v) is 13.7. The number of anilines is 2. The third kappa shape index (κ3) is 7.53. The number of nitrogens with zero attached hydrogens (tertiary/aromatic N) is 1. The van der Waals surface area contributed by atoms with Crippen LogP contribution in [0.15, 0.2) is 71.2 Å². The zero-order valence-corrected chi connectivity index (χ0v) is 24.0. The van der Waals surface area contributed by atoms with Gasteiger partial charge in [-0.3, -0.25) is 19.8 Å². The molecule has 0 aliphatic heterocycles. The molecule has 11 heteroatoms.